The smallest absolute Gasteiger partial charge is 0.209 e. The number of carbonyl (C=O) groups is 1. The average Bonchev–Trinajstić information content (AvgIpc) is 3.22. The molecule has 0 radical (unpaired) electrons. The van der Waals surface area contributed by atoms with Gasteiger partial charge in [-0.1, -0.05) is 24.3 Å². The monoisotopic (exact) mass is 423 g/mol. The van der Waals surface area contributed by atoms with Crippen molar-refractivity contribution in [3.8, 4) is 0 Å². The van der Waals surface area contributed by atoms with Crippen LogP contribution in [-0.4, -0.2) is 29.4 Å². The summed E-state index contributed by atoms with van der Waals surface area (Å²) in [6.07, 6.45) is 3.81. The van der Waals surface area contributed by atoms with Crippen molar-refractivity contribution in [2.75, 3.05) is 0 Å². The van der Waals surface area contributed by atoms with E-state index in [4.69, 9.17) is 0 Å². The molecule has 4 rings (SSSR count). The van der Waals surface area contributed by atoms with Crippen molar-refractivity contribution in [1.82, 2.24) is 15.2 Å². The van der Waals surface area contributed by atoms with Gasteiger partial charge in [0, 0.05) is 23.6 Å². The molecule has 0 bridgehead atoms. The fourth-order valence-electron chi connectivity index (χ4n) is 3.18. The third kappa shape index (κ3) is 3.73. The number of halogens is 1. The highest BCUT2D eigenvalue weighted by molar-refractivity contribution is 7.91. The number of sulfone groups is 1. The van der Waals surface area contributed by atoms with E-state index in [0.29, 0.717) is 17.6 Å². The molecule has 0 saturated carbocycles. The molecule has 2 aromatic carbocycles. The topological polar surface area (TPSA) is 92.8 Å². The van der Waals surface area contributed by atoms with E-state index in [2.05, 4.69) is 15.2 Å². The SMILES string of the molecule is Cc1cccc(S(=O)(=O)c2ccc(CCC(=O)c3cnc4[nH]ncc4c3)cc2)c1F. The Labute approximate surface area is 172 Å². The minimum absolute atomic E-state index is 0.0108. The summed E-state index contributed by atoms with van der Waals surface area (Å²) in [5.41, 5.74) is 2.20. The molecule has 0 saturated heterocycles. The number of ketones is 1. The van der Waals surface area contributed by atoms with Crippen LogP contribution < -0.4 is 0 Å². The van der Waals surface area contributed by atoms with Crippen LogP contribution in [0.5, 0.6) is 0 Å². The van der Waals surface area contributed by atoms with Crippen LogP contribution in [0.25, 0.3) is 11.0 Å². The molecule has 8 heteroatoms. The first-order chi connectivity index (χ1) is 14.4. The van der Waals surface area contributed by atoms with E-state index in [9.17, 15) is 17.6 Å². The Balaban J connectivity index is 1.48. The third-order valence-electron chi connectivity index (χ3n) is 4.93. The van der Waals surface area contributed by atoms with E-state index in [1.54, 1.807) is 24.4 Å². The standard InChI is InChI=1S/C22H18FN3O3S/c1-14-3-2-4-20(21(14)23)30(28,29)18-8-5-15(6-9-18)7-10-19(27)16-11-17-13-25-26-22(17)24-12-16/h2-6,8-9,11-13H,7,10H2,1H3,(H,24,25,26). The van der Waals surface area contributed by atoms with Crippen LogP contribution in [0.15, 0.2) is 70.7 Å². The van der Waals surface area contributed by atoms with Crippen molar-refractivity contribution >= 4 is 26.7 Å². The predicted molar refractivity (Wildman–Crippen MR) is 110 cm³/mol. The maximum absolute atomic E-state index is 14.3. The van der Waals surface area contributed by atoms with Gasteiger partial charge in [0.2, 0.25) is 9.84 Å². The van der Waals surface area contributed by atoms with Gasteiger partial charge in [-0.05, 0) is 48.7 Å². The molecule has 30 heavy (non-hydrogen) atoms. The molecule has 4 aromatic rings. The zero-order valence-corrected chi connectivity index (χ0v) is 16.9. The Kier molecular flexibility index (Phi) is 5.17. The quantitative estimate of drug-likeness (QED) is 0.472. The molecule has 2 heterocycles. The van der Waals surface area contributed by atoms with Gasteiger partial charge < -0.3 is 0 Å². The van der Waals surface area contributed by atoms with E-state index in [-0.39, 0.29) is 27.6 Å². The van der Waals surface area contributed by atoms with E-state index in [1.165, 1.54) is 43.5 Å². The number of aryl methyl sites for hydroxylation is 2. The van der Waals surface area contributed by atoms with Crippen molar-refractivity contribution in [2.45, 2.75) is 29.6 Å². The highest BCUT2D eigenvalue weighted by atomic mass is 32.2. The number of pyridine rings is 1. The van der Waals surface area contributed by atoms with E-state index < -0.39 is 15.7 Å². The number of aromatic nitrogens is 3. The third-order valence-corrected chi connectivity index (χ3v) is 6.72. The molecule has 6 nitrogen and oxygen atoms in total. The molecular weight excluding hydrogens is 405 g/mol. The van der Waals surface area contributed by atoms with Gasteiger partial charge in [-0.15, -0.1) is 0 Å². The normalized spacial score (nSPS) is 11.7. The molecule has 2 aromatic heterocycles. The van der Waals surface area contributed by atoms with E-state index >= 15 is 0 Å². The van der Waals surface area contributed by atoms with Gasteiger partial charge in [0.05, 0.1) is 11.1 Å². The predicted octanol–water partition coefficient (Wildman–Crippen LogP) is 4.05. The second kappa shape index (κ2) is 7.79. The van der Waals surface area contributed by atoms with Gasteiger partial charge in [-0.2, -0.15) is 5.10 Å². The second-order valence-electron chi connectivity index (χ2n) is 6.99. The summed E-state index contributed by atoms with van der Waals surface area (Å²) >= 11 is 0. The number of nitrogens with one attached hydrogen (secondary N) is 1. The van der Waals surface area contributed by atoms with Crippen LogP contribution in [0.4, 0.5) is 4.39 Å². The van der Waals surface area contributed by atoms with Crippen molar-refractivity contribution in [1.29, 1.82) is 0 Å². The summed E-state index contributed by atoms with van der Waals surface area (Å²) in [5, 5.41) is 7.38. The van der Waals surface area contributed by atoms with Crippen LogP contribution in [0, 0.1) is 12.7 Å². The lowest BCUT2D eigenvalue weighted by molar-refractivity contribution is 0.0982. The molecule has 0 aliphatic carbocycles. The first-order valence-electron chi connectivity index (χ1n) is 9.28. The lowest BCUT2D eigenvalue weighted by Crippen LogP contribution is -2.06. The fourth-order valence-corrected chi connectivity index (χ4v) is 4.58. The van der Waals surface area contributed by atoms with Crippen LogP contribution in [0.3, 0.4) is 0 Å². The number of benzene rings is 2. The number of Topliss-reactive ketones (excluding diaryl/α,β-unsaturated/α-hetero) is 1. The summed E-state index contributed by atoms with van der Waals surface area (Å²) in [4.78, 5) is 16.3. The summed E-state index contributed by atoms with van der Waals surface area (Å²) < 4.78 is 39.8. The highest BCUT2D eigenvalue weighted by Gasteiger charge is 2.22. The largest absolute Gasteiger partial charge is 0.294 e. The number of rotatable bonds is 6. The molecule has 152 valence electrons. The molecule has 0 amide bonds. The lowest BCUT2D eigenvalue weighted by Gasteiger charge is -2.08. The van der Waals surface area contributed by atoms with Crippen LogP contribution >= 0.6 is 0 Å². The molecule has 0 atom stereocenters. The summed E-state index contributed by atoms with van der Waals surface area (Å²) in [6.45, 7) is 1.52. The van der Waals surface area contributed by atoms with Crippen molar-refractivity contribution in [3.63, 3.8) is 0 Å². The number of hydrogen-bond donors (Lipinski definition) is 1. The van der Waals surface area contributed by atoms with E-state index in [1.807, 2.05) is 0 Å². The number of carbonyl (C=O) groups excluding carboxylic acids is 1. The van der Waals surface area contributed by atoms with Crippen molar-refractivity contribution in [3.05, 3.63) is 83.4 Å². The van der Waals surface area contributed by atoms with Crippen molar-refractivity contribution < 1.29 is 17.6 Å². The number of aromatic amines is 1. The van der Waals surface area contributed by atoms with Crippen molar-refractivity contribution in [2.24, 2.45) is 0 Å². The molecule has 0 spiro atoms. The lowest BCUT2D eigenvalue weighted by atomic mass is 10.0. The minimum Gasteiger partial charge on any atom is -0.294 e. The van der Waals surface area contributed by atoms with E-state index in [0.717, 1.165) is 10.9 Å². The Morgan fingerprint density at radius 3 is 2.63 bits per heavy atom. The maximum Gasteiger partial charge on any atom is 0.209 e. The van der Waals surface area contributed by atoms with Gasteiger partial charge in [-0.3, -0.25) is 9.89 Å². The van der Waals surface area contributed by atoms with Crippen LogP contribution in [-0.2, 0) is 16.3 Å². The van der Waals surface area contributed by atoms with Gasteiger partial charge in [0.25, 0.3) is 0 Å². The number of fused-ring (bicyclic) bond motifs is 1. The minimum atomic E-state index is -3.96. The Morgan fingerprint density at radius 1 is 1.10 bits per heavy atom. The molecular formula is C22H18FN3O3S. The van der Waals surface area contributed by atoms with Gasteiger partial charge in [0.1, 0.15) is 10.7 Å². The number of hydrogen-bond acceptors (Lipinski definition) is 5. The average molecular weight is 423 g/mol. The van der Waals surface area contributed by atoms with Gasteiger partial charge in [0.15, 0.2) is 11.4 Å². The Hall–Kier alpha value is -3.39. The molecule has 0 fully saturated rings. The maximum atomic E-state index is 14.3. The highest BCUT2D eigenvalue weighted by Crippen LogP contribution is 2.25. The van der Waals surface area contributed by atoms with Gasteiger partial charge >= 0.3 is 0 Å². The summed E-state index contributed by atoms with van der Waals surface area (Å²) in [5.74, 6) is -0.806. The number of nitrogens with zero attached hydrogens (tertiary/aromatic N) is 2. The first kappa shape index (κ1) is 19.9. The van der Waals surface area contributed by atoms with Crippen LogP contribution in [0.1, 0.15) is 27.9 Å². The molecule has 0 aliphatic rings. The second-order valence-corrected chi connectivity index (χ2v) is 8.91. The Bertz CT molecular complexity index is 1350. The first-order valence-corrected chi connectivity index (χ1v) is 10.8. The zero-order valence-electron chi connectivity index (χ0n) is 16.1. The zero-order chi connectivity index (χ0) is 21.3. The van der Waals surface area contributed by atoms with Crippen LogP contribution in [0.2, 0.25) is 0 Å². The summed E-state index contributed by atoms with van der Waals surface area (Å²) in [7, 11) is -3.96. The molecule has 0 unspecified atom stereocenters. The number of H-pyrrole nitrogens is 1. The molecule has 0 aliphatic heterocycles. The van der Waals surface area contributed by atoms with Gasteiger partial charge in [-0.25, -0.2) is 17.8 Å². The summed E-state index contributed by atoms with van der Waals surface area (Å²) in [6, 6.07) is 12.2. The fraction of sp³-hybridized carbons (Fsp3) is 0.136. The molecule has 1 N–H and O–H groups in total. The Morgan fingerprint density at radius 2 is 1.87 bits per heavy atom.